The van der Waals surface area contributed by atoms with Crippen LogP contribution >= 0.6 is 23.2 Å². The first-order chi connectivity index (χ1) is 21.1. The van der Waals surface area contributed by atoms with Crippen LogP contribution in [0.15, 0.2) is 77.7 Å². The van der Waals surface area contributed by atoms with Crippen LogP contribution in [0.25, 0.3) is 0 Å². The lowest BCUT2D eigenvalue weighted by atomic mass is 9.95. The molecule has 1 fully saturated rings. The molecule has 1 atom stereocenters. The number of carbonyl (C=O) groups is 2. The first kappa shape index (κ1) is 33.6. The van der Waals surface area contributed by atoms with E-state index in [0.717, 1.165) is 36.4 Å². The Labute approximate surface area is 270 Å². The quantitative estimate of drug-likeness (QED) is 0.217. The summed E-state index contributed by atoms with van der Waals surface area (Å²) < 4.78 is 35.1. The van der Waals surface area contributed by atoms with Gasteiger partial charge in [-0.25, -0.2) is 8.42 Å². The van der Waals surface area contributed by atoms with Gasteiger partial charge in [0.2, 0.25) is 11.8 Å². The van der Waals surface area contributed by atoms with Gasteiger partial charge in [-0.1, -0.05) is 79.7 Å². The van der Waals surface area contributed by atoms with Gasteiger partial charge >= 0.3 is 0 Å². The fourth-order valence-electron chi connectivity index (χ4n) is 5.46. The molecule has 0 saturated heterocycles. The van der Waals surface area contributed by atoms with Crippen LogP contribution in [0.3, 0.4) is 0 Å². The van der Waals surface area contributed by atoms with Crippen LogP contribution < -0.4 is 14.4 Å². The Morgan fingerprint density at radius 3 is 2.25 bits per heavy atom. The Bertz CT molecular complexity index is 1530. The molecule has 0 spiro atoms. The van der Waals surface area contributed by atoms with E-state index in [2.05, 4.69) is 5.32 Å². The summed E-state index contributed by atoms with van der Waals surface area (Å²) in [5.41, 5.74) is 0.850. The summed E-state index contributed by atoms with van der Waals surface area (Å²) in [6.45, 7) is 3.37. The third-order valence-corrected chi connectivity index (χ3v) is 10.1. The van der Waals surface area contributed by atoms with Crippen LogP contribution in [0, 0.1) is 0 Å². The average molecular weight is 661 g/mol. The van der Waals surface area contributed by atoms with Gasteiger partial charge in [0.1, 0.15) is 18.3 Å². The van der Waals surface area contributed by atoms with Crippen LogP contribution in [0.1, 0.15) is 57.9 Å². The SMILES string of the molecule is CCOc1ccccc1N(CC(=O)N(Cc1ccccc1Cl)[C@@H](CC)C(=O)NC1CCCCC1)S(=O)(=O)c1ccc(Cl)cc1. The van der Waals surface area contributed by atoms with Gasteiger partial charge in [-0.15, -0.1) is 0 Å². The van der Waals surface area contributed by atoms with Crippen LogP contribution in [-0.2, 0) is 26.2 Å². The topological polar surface area (TPSA) is 96.0 Å². The number of hydrogen-bond acceptors (Lipinski definition) is 5. The maximum Gasteiger partial charge on any atom is 0.264 e. The zero-order valence-electron chi connectivity index (χ0n) is 25.0. The molecule has 0 bridgehead atoms. The predicted molar refractivity (Wildman–Crippen MR) is 175 cm³/mol. The summed E-state index contributed by atoms with van der Waals surface area (Å²) in [5.74, 6) is -0.513. The van der Waals surface area contributed by atoms with E-state index in [1.165, 1.54) is 29.2 Å². The number of sulfonamides is 1. The molecule has 11 heteroatoms. The van der Waals surface area contributed by atoms with Crippen molar-refractivity contribution in [1.82, 2.24) is 10.2 Å². The van der Waals surface area contributed by atoms with Crippen LogP contribution in [0.5, 0.6) is 5.75 Å². The second-order valence-corrected chi connectivity index (χ2v) is 13.5. The maximum absolute atomic E-state index is 14.4. The van der Waals surface area contributed by atoms with Crippen molar-refractivity contribution in [3.05, 3.63) is 88.4 Å². The highest BCUT2D eigenvalue weighted by molar-refractivity contribution is 7.92. The number of amides is 2. The molecule has 8 nitrogen and oxygen atoms in total. The zero-order valence-corrected chi connectivity index (χ0v) is 27.4. The molecule has 0 unspecified atom stereocenters. The minimum Gasteiger partial charge on any atom is -0.492 e. The molecule has 1 aliphatic rings. The minimum atomic E-state index is -4.28. The number of benzene rings is 3. The number of nitrogens with one attached hydrogen (secondary N) is 1. The van der Waals surface area contributed by atoms with E-state index in [0.29, 0.717) is 27.8 Å². The normalized spacial score (nSPS) is 14.5. The Balaban J connectivity index is 1.75. The van der Waals surface area contributed by atoms with Crippen molar-refractivity contribution in [1.29, 1.82) is 0 Å². The minimum absolute atomic E-state index is 0.0248. The van der Waals surface area contributed by atoms with Gasteiger partial charge in [0.25, 0.3) is 10.0 Å². The fourth-order valence-corrected chi connectivity index (χ4v) is 7.21. The van der Waals surface area contributed by atoms with E-state index in [1.54, 1.807) is 49.4 Å². The number of halogens is 2. The molecule has 0 radical (unpaired) electrons. The largest absolute Gasteiger partial charge is 0.492 e. The van der Waals surface area contributed by atoms with E-state index in [9.17, 15) is 18.0 Å². The van der Waals surface area contributed by atoms with Gasteiger partial charge in [0.15, 0.2) is 0 Å². The molecule has 3 aromatic carbocycles. The Hall–Kier alpha value is -3.27. The third-order valence-electron chi connectivity index (χ3n) is 7.75. The lowest BCUT2D eigenvalue weighted by Crippen LogP contribution is -2.54. The molecule has 3 aromatic rings. The van der Waals surface area contributed by atoms with Gasteiger partial charge in [-0.2, -0.15) is 0 Å². The summed E-state index contributed by atoms with van der Waals surface area (Å²) in [4.78, 5) is 29.5. The standard InChI is InChI=1S/C33H39Cl2N3O5S/c1-3-29(33(40)36-26-13-6-5-7-14-26)37(22-24-12-8-9-15-28(24)35)32(39)23-38(30-16-10-11-17-31(30)43-4-2)44(41,42)27-20-18-25(34)19-21-27/h8-12,15-21,26,29H,3-7,13-14,22-23H2,1-2H3,(H,36,40)/t29-/m0/s1. The maximum atomic E-state index is 14.4. The van der Waals surface area contributed by atoms with Crippen molar-refractivity contribution in [2.75, 3.05) is 17.5 Å². The number of ether oxygens (including phenoxy) is 1. The second kappa shape index (κ2) is 15.6. The van der Waals surface area contributed by atoms with Crippen LogP contribution in [0.4, 0.5) is 5.69 Å². The highest BCUT2D eigenvalue weighted by Crippen LogP contribution is 2.33. The summed E-state index contributed by atoms with van der Waals surface area (Å²) in [6.07, 6.45) is 5.33. The summed E-state index contributed by atoms with van der Waals surface area (Å²) in [5, 5.41) is 3.97. The molecule has 0 heterocycles. The van der Waals surface area contributed by atoms with Crippen molar-refractivity contribution in [3.63, 3.8) is 0 Å². The van der Waals surface area contributed by atoms with Crippen molar-refractivity contribution >= 4 is 50.7 Å². The molecule has 1 N–H and O–H groups in total. The molecule has 2 amide bonds. The van der Waals surface area contributed by atoms with Gasteiger partial charge in [-0.3, -0.25) is 13.9 Å². The van der Waals surface area contributed by atoms with Gasteiger partial charge in [-0.05, 0) is 74.2 Å². The Kier molecular flexibility index (Phi) is 11.9. The van der Waals surface area contributed by atoms with Crippen LogP contribution in [0.2, 0.25) is 10.0 Å². The number of hydrogen-bond donors (Lipinski definition) is 1. The fraction of sp³-hybridized carbons (Fsp3) is 0.394. The first-order valence-electron chi connectivity index (χ1n) is 15.0. The highest BCUT2D eigenvalue weighted by atomic mass is 35.5. The Morgan fingerprint density at radius 1 is 0.932 bits per heavy atom. The van der Waals surface area contributed by atoms with E-state index >= 15 is 0 Å². The van der Waals surface area contributed by atoms with E-state index in [1.807, 2.05) is 13.0 Å². The average Bonchev–Trinajstić information content (AvgIpc) is 3.02. The molecule has 1 aliphatic carbocycles. The number of para-hydroxylation sites is 2. The van der Waals surface area contributed by atoms with Gasteiger partial charge in [0.05, 0.1) is 17.2 Å². The third kappa shape index (κ3) is 8.25. The van der Waals surface area contributed by atoms with E-state index in [-0.39, 0.29) is 35.7 Å². The van der Waals surface area contributed by atoms with Gasteiger partial charge in [0, 0.05) is 22.6 Å². The number of carbonyl (C=O) groups excluding carboxylic acids is 2. The highest BCUT2D eigenvalue weighted by Gasteiger charge is 2.35. The molecular weight excluding hydrogens is 621 g/mol. The monoisotopic (exact) mass is 659 g/mol. The van der Waals surface area contributed by atoms with E-state index < -0.39 is 28.5 Å². The zero-order chi connectivity index (χ0) is 31.7. The van der Waals surface area contributed by atoms with Crippen molar-refractivity contribution in [2.24, 2.45) is 0 Å². The van der Waals surface area contributed by atoms with Crippen molar-refractivity contribution in [2.45, 2.75) is 75.9 Å². The molecule has 44 heavy (non-hydrogen) atoms. The molecule has 4 rings (SSSR count). The number of rotatable bonds is 13. The summed E-state index contributed by atoms with van der Waals surface area (Å²) in [6, 6.07) is 18.7. The molecular formula is C33H39Cl2N3O5S. The second-order valence-electron chi connectivity index (χ2n) is 10.7. The van der Waals surface area contributed by atoms with Crippen LogP contribution in [-0.4, -0.2) is 50.4 Å². The lowest BCUT2D eigenvalue weighted by Gasteiger charge is -2.35. The first-order valence-corrected chi connectivity index (χ1v) is 17.2. The lowest BCUT2D eigenvalue weighted by molar-refractivity contribution is -0.140. The van der Waals surface area contributed by atoms with Crippen molar-refractivity contribution < 1.29 is 22.7 Å². The van der Waals surface area contributed by atoms with E-state index in [4.69, 9.17) is 27.9 Å². The number of anilines is 1. The molecule has 0 aromatic heterocycles. The number of nitrogens with zero attached hydrogens (tertiary/aromatic N) is 2. The molecule has 1 saturated carbocycles. The van der Waals surface area contributed by atoms with Gasteiger partial charge < -0.3 is 15.0 Å². The smallest absolute Gasteiger partial charge is 0.264 e. The molecule has 236 valence electrons. The summed E-state index contributed by atoms with van der Waals surface area (Å²) in [7, 11) is -4.28. The van der Waals surface area contributed by atoms with Crippen molar-refractivity contribution in [3.8, 4) is 5.75 Å². The molecule has 0 aliphatic heterocycles. The summed E-state index contributed by atoms with van der Waals surface area (Å²) >= 11 is 12.6. The predicted octanol–water partition coefficient (Wildman–Crippen LogP) is 6.84. The Morgan fingerprint density at radius 2 is 1.59 bits per heavy atom.